The molecule has 2 N–H and O–H groups in total. The molecule has 1 aliphatic heterocycles. The summed E-state index contributed by atoms with van der Waals surface area (Å²) in [5.74, 6) is -1.24. The topological polar surface area (TPSA) is 126 Å². The monoisotopic (exact) mass is 576 g/mol. The summed E-state index contributed by atoms with van der Waals surface area (Å²) >= 11 is 0. The Morgan fingerprint density at radius 1 is 0.976 bits per heavy atom. The van der Waals surface area contributed by atoms with Crippen LogP contribution in [0.1, 0.15) is 63.4 Å². The maximum atomic E-state index is 14.8. The van der Waals surface area contributed by atoms with Crippen LogP contribution in [0.3, 0.4) is 0 Å². The van der Waals surface area contributed by atoms with Crippen LogP contribution in [0.5, 0.6) is 0 Å². The van der Waals surface area contributed by atoms with E-state index >= 15 is 0 Å². The molecule has 0 bridgehead atoms. The van der Waals surface area contributed by atoms with Crippen LogP contribution in [0.4, 0.5) is 15.9 Å². The Bertz CT molecular complexity index is 1750. The lowest BCUT2D eigenvalue weighted by Gasteiger charge is -2.32. The van der Waals surface area contributed by atoms with E-state index in [1.54, 1.807) is 17.0 Å². The van der Waals surface area contributed by atoms with Gasteiger partial charge in [-0.3, -0.25) is 9.59 Å². The summed E-state index contributed by atoms with van der Waals surface area (Å²) in [6.45, 7) is 2.87. The molecule has 2 aliphatic rings. The second-order valence-corrected chi connectivity index (χ2v) is 12.5. The highest BCUT2D eigenvalue weighted by atomic mass is 32.2. The number of likely N-dealkylation sites (tertiary alicyclic amines) is 1. The van der Waals surface area contributed by atoms with Gasteiger partial charge in [0.25, 0.3) is 11.8 Å². The van der Waals surface area contributed by atoms with E-state index in [-0.39, 0.29) is 34.2 Å². The third-order valence-electron chi connectivity index (χ3n) is 7.63. The molecular weight excluding hydrogens is 547 g/mol. The fourth-order valence-corrected chi connectivity index (χ4v) is 6.48. The number of piperidine rings is 1. The molecule has 1 saturated carbocycles. The van der Waals surface area contributed by atoms with Crippen molar-refractivity contribution < 1.29 is 22.4 Å². The molecule has 3 heterocycles. The Morgan fingerprint density at radius 3 is 2.41 bits per heavy atom. The van der Waals surface area contributed by atoms with Crippen LogP contribution >= 0.6 is 0 Å². The molecule has 2 fully saturated rings. The minimum atomic E-state index is -3.80. The van der Waals surface area contributed by atoms with Crippen molar-refractivity contribution in [3.8, 4) is 0 Å². The van der Waals surface area contributed by atoms with Gasteiger partial charge in [-0.15, -0.1) is 0 Å². The van der Waals surface area contributed by atoms with Crippen LogP contribution in [-0.4, -0.2) is 58.1 Å². The molecular formula is C29H29FN6O4S. The van der Waals surface area contributed by atoms with E-state index in [1.165, 1.54) is 28.5 Å². The number of aromatic nitrogens is 3. The number of hydrogen-bond donors (Lipinski definition) is 2. The lowest BCUT2D eigenvalue weighted by molar-refractivity contribution is 0.0713. The van der Waals surface area contributed by atoms with Gasteiger partial charge in [0, 0.05) is 19.3 Å². The molecule has 41 heavy (non-hydrogen) atoms. The molecule has 4 aromatic rings. The van der Waals surface area contributed by atoms with Crippen molar-refractivity contribution in [1.29, 1.82) is 0 Å². The zero-order valence-electron chi connectivity index (χ0n) is 22.4. The quantitative estimate of drug-likeness (QED) is 0.338. The minimum absolute atomic E-state index is 0.0309. The lowest BCUT2D eigenvalue weighted by Crippen LogP contribution is -2.38. The maximum Gasteiger partial charge on any atom is 0.270 e. The summed E-state index contributed by atoms with van der Waals surface area (Å²) in [4.78, 5) is 32.8. The second kappa shape index (κ2) is 10.6. The van der Waals surface area contributed by atoms with Crippen molar-refractivity contribution in [3.05, 3.63) is 89.0 Å². The highest BCUT2D eigenvalue weighted by Crippen LogP contribution is 2.31. The van der Waals surface area contributed by atoms with Gasteiger partial charge in [-0.1, -0.05) is 36.4 Å². The number of hydrogen-bond acceptors (Lipinski definition) is 7. The van der Waals surface area contributed by atoms with Gasteiger partial charge in [0.2, 0.25) is 10.0 Å². The van der Waals surface area contributed by atoms with Crippen molar-refractivity contribution in [1.82, 2.24) is 24.2 Å². The molecule has 2 aromatic carbocycles. The van der Waals surface area contributed by atoms with E-state index in [9.17, 15) is 22.4 Å². The number of halogens is 1. The molecule has 12 heteroatoms. The van der Waals surface area contributed by atoms with E-state index < -0.39 is 27.0 Å². The van der Waals surface area contributed by atoms with Crippen molar-refractivity contribution in [2.45, 2.75) is 43.8 Å². The number of benzene rings is 2. The Labute approximate surface area is 236 Å². The number of fused-ring (bicyclic) bond motifs is 1. The first-order valence-electron chi connectivity index (χ1n) is 13.5. The summed E-state index contributed by atoms with van der Waals surface area (Å²) in [7, 11) is -3.80. The van der Waals surface area contributed by atoms with Gasteiger partial charge in [-0.2, -0.15) is 9.61 Å². The highest BCUT2D eigenvalue weighted by molar-refractivity contribution is 7.91. The van der Waals surface area contributed by atoms with E-state index in [1.807, 2.05) is 25.1 Å². The summed E-state index contributed by atoms with van der Waals surface area (Å²) in [6, 6.07) is 14.7. The van der Waals surface area contributed by atoms with Crippen molar-refractivity contribution in [3.63, 3.8) is 0 Å². The maximum absolute atomic E-state index is 14.8. The van der Waals surface area contributed by atoms with Gasteiger partial charge < -0.3 is 10.2 Å². The number of anilines is 2. The van der Waals surface area contributed by atoms with Crippen LogP contribution in [-0.2, 0) is 10.0 Å². The largest absolute Gasteiger partial charge is 0.338 e. The van der Waals surface area contributed by atoms with Crippen LogP contribution in [0.25, 0.3) is 5.65 Å². The standard InChI is InChI=1S/C29H29FN6O4S/c1-18-7-10-24(30)25(15-18)33-27-23(29(38)35-13-11-20(12-14-35)19-5-3-2-4-6-19)16-31-26-22(17-32-36(26)27)28(37)34-41(39,40)21-8-9-21/h2-7,10,15-17,20-21,33H,8-9,11-14H2,1H3,(H,34,37). The summed E-state index contributed by atoms with van der Waals surface area (Å²) < 4.78 is 42.9. The van der Waals surface area contributed by atoms with E-state index in [0.717, 1.165) is 18.4 Å². The van der Waals surface area contributed by atoms with Gasteiger partial charge in [0.15, 0.2) is 5.65 Å². The van der Waals surface area contributed by atoms with Crippen LogP contribution < -0.4 is 10.0 Å². The molecule has 0 unspecified atom stereocenters. The molecule has 1 saturated heterocycles. The van der Waals surface area contributed by atoms with Gasteiger partial charge >= 0.3 is 0 Å². The second-order valence-electron chi connectivity index (χ2n) is 10.6. The van der Waals surface area contributed by atoms with E-state index in [4.69, 9.17) is 0 Å². The average molecular weight is 577 g/mol. The van der Waals surface area contributed by atoms with Gasteiger partial charge in [-0.05, 0) is 61.8 Å². The number of carbonyl (C=O) groups is 2. The molecule has 0 spiro atoms. The number of rotatable bonds is 7. The predicted octanol–water partition coefficient (Wildman–Crippen LogP) is 4.16. The molecule has 212 valence electrons. The van der Waals surface area contributed by atoms with E-state index in [2.05, 4.69) is 32.3 Å². The Morgan fingerprint density at radius 2 is 1.71 bits per heavy atom. The predicted molar refractivity (Wildman–Crippen MR) is 151 cm³/mol. The molecule has 10 nitrogen and oxygen atoms in total. The first-order valence-corrected chi connectivity index (χ1v) is 15.1. The van der Waals surface area contributed by atoms with Crippen molar-refractivity contribution in [2.24, 2.45) is 0 Å². The normalized spacial score (nSPS) is 16.1. The minimum Gasteiger partial charge on any atom is -0.338 e. The highest BCUT2D eigenvalue weighted by Gasteiger charge is 2.37. The van der Waals surface area contributed by atoms with Crippen LogP contribution in [0, 0.1) is 12.7 Å². The molecule has 0 radical (unpaired) electrons. The van der Waals surface area contributed by atoms with Crippen LogP contribution in [0.2, 0.25) is 0 Å². The molecule has 6 rings (SSSR count). The van der Waals surface area contributed by atoms with Gasteiger partial charge in [0.1, 0.15) is 22.8 Å². The van der Waals surface area contributed by atoms with Gasteiger partial charge in [0.05, 0.1) is 17.1 Å². The molecule has 2 aromatic heterocycles. The number of nitrogens with zero attached hydrogens (tertiary/aromatic N) is 4. The zero-order valence-corrected chi connectivity index (χ0v) is 23.2. The Hall–Kier alpha value is -4.32. The first kappa shape index (κ1) is 26.9. The van der Waals surface area contributed by atoms with Gasteiger partial charge in [-0.25, -0.2) is 22.5 Å². The number of nitrogens with one attached hydrogen (secondary N) is 2. The fourth-order valence-electron chi connectivity index (χ4n) is 5.19. The van der Waals surface area contributed by atoms with Crippen LogP contribution in [0.15, 0.2) is 60.9 Å². The smallest absolute Gasteiger partial charge is 0.270 e. The van der Waals surface area contributed by atoms with Crippen molar-refractivity contribution in [2.75, 3.05) is 18.4 Å². The SMILES string of the molecule is Cc1ccc(F)c(Nc2c(C(=O)N3CCC(c4ccccc4)CC3)cnc3c(C(=O)NS(=O)(=O)C4CC4)cnn23)c1. The Kier molecular flexibility index (Phi) is 6.94. The number of amides is 2. The fraction of sp³-hybridized carbons (Fsp3) is 0.310. The number of carbonyl (C=O) groups excluding carboxylic acids is 2. The molecule has 1 aliphatic carbocycles. The van der Waals surface area contributed by atoms with E-state index in [0.29, 0.717) is 31.8 Å². The number of aryl methyl sites for hydroxylation is 1. The summed E-state index contributed by atoms with van der Waals surface area (Å²) in [6.07, 6.45) is 5.10. The zero-order chi connectivity index (χ0) is 28.7. The first-order chi connectivity index (χ1) is 19.7. The molecule has 2 amide bonds. The third-order valence-corrected chi connectivity index (χ3v) is 9.45. The lowest BCUT2D eigenvalue weighted by atomic mass is 9.89. The summed E-state index contributed by atoms with van der Waals surface area (Å²) in [5.41, 5.74) is 2.25. The average Bonchev–Trinajstić information content (AvgIpc) is 3.75. The third kappa shape index (κ3) is 5.39. The van der Waals surface area contributed by atoms with Crippen molar-refractivity contribution >= 4 is 39.0 Å². The summed E-state index contributed by atoms with van der Waals surface area (Å²) in [5, 5.41) is 6.67. The Balaban J connectivity index is 1.34. The molecule has 0 atom stereocenters. The number of sulfonamides is 1.